The Bertz CT molecular complexity index is 766. The van der Waals surface area contributed by atoms with Crippen LogP contribution in [0.3, 0.4) is 0 Å². The van der Waals surface area contributed by atoms with E-state index >= 15 is 0 Å². The fourth-order valence-electron chi connectivity index (χ4n) is 2.38. The largest absolute Gasteiger partial charge is 0.302 e. The molecule has 1 aliphatic rings. The third-order valence-corrected chi connectivity index (χ3v) is 3.94. The summed E-state index contributed by atoms with van der Waals surface area (Å²) in [5.74, 6) is -0.240. The summed E-state index contributed by atoms with van der Waals surface area (Å²) in [4.78, 5) is 23.6. The molecule has 0 unspecified atom stereocenters. The Morgan fingerprint density at radius 3 is 2.57 bits per heavy atom. The van der Waals surface area contributed by atoms with Crippen LogP contribution in [0.15, 0.2) is 42.5 Å². The Kier molecular flexibility index (Phi) is 4.52. The summed E-state index contributed by atoms with van der Waals surface area (Å²) in [5.41, 5.74) is 6.02. The van der Waals surface area contributed by atoms with Crippen molar-refractivity contribution in [3.05, 3.63) is 48.0 Å². The van der Waals surface area contributed by atoms with Crippen LogP contribution in [0.5, 0.6) is 0 Å². The van der Waals surface area contributed by atoms with Gasteiger partial charge in [-0.1, -0.05) is 42.5 Å². The highest BCUT2D eigenvalue weighted by molar-refractivity contribution is 7.80. The minimum absolute atomic E-state index is 0.0705. The lowest BCUT2D eigenvalue weighted by Crippen LogP contribution is -2.49. The average Bonchev–Trinajstić information content (AvgIpc) is 3.38. The van der Waals surface area contributed by atoms with Crippen LogP contribution >= 0.6 is 12.2 Å². The van der Waals surface area contributed by atoms with Gasteiger partial charge in [0.25, 0.3) is 0 Å². The highest BCUT2D eigenvalue weighted by atomic mass is 32.1. The maximum Gasteiger partial charge on any atom is 0.242 e. The van der Waals surface area contributed by atoms with Gasteiger partial charge in [-0.2, -0.15) is 0 Å². The number of thiocarbonyl (C=S) groups is 1. The second kappa shape index (κ2) is 6.75. The second-order valence-corrected chi connectivity index (χ2v) is 5.99. The Morgan fingerprint density at radius 1 is 1.04 bits per heavy atom. The van der Waals surface area contributed by atoms with Crippen LogP contribution < -0.4 is 16.2 Å². The molecular formula is C17H17N3O2S. The summed E-state index contributed by atoms with van der Waals surface area (Å²) in [6.45, 7) is 0. The van der Waals surface area contributed by atoms with Gasteiger partial charge in [0.2, 0.25) is 11.8 Å². The average molecular weight is 327 g/mol. The van der Waals surface area contributed by atoms with Gasteiger partial charge in [-0.15, -0.1) is 0 Å². The van der Waals surface area contributed by atoms with E-state index in [-0.39, 0.29) is 29.3 Å². The van der Waals surface area contributed by atoms with Crippen molar-refractivity contribution in [1.29, 1.82) is 0 Å². The Morgan fingerprint density at radius 2 is 1.78 bits per heavy atom. The van der Waals surface area contributed by atoms with Crippen molar-refractivity contribution in [2.75, 3.05) is 0 Å². The number of hydrazine groups is 1. The number of hydrogen-bond donors (Lipinski definition) is 3. The van der Waals surface area contributed by atoms with Crippen LogP contribution in [0.25, 0.3) is 10.8 Å². The standard InChI is InChI=1S/C17H17N3O2S/c21-15(19-20-17(23)18-16(22)12-8-9-12)10-13-6-3-5-11-4-1-2-7-14(11)13/h1-7,12H,8-10H2,(H,19,21)(H2,18,20,22,23). The van der Waals surface area contributed by atoms with Crippen LogP contribution in [-0.4, -0.2) is 16.9 Å². The number of carbonyl (C=O) groups is 2. The van der Waals surface area contributed by atoms with E-state index in [1.54, 1.807) is 0 Å². The topological polar surface area (TPSA) is 70.2 Å². The molecule has 0 radical (unpaired) electrons. The number of nitrogens with one attached hydrogen (secondary N) is 3. The van der Waals surface area contributed by atoms with Crippen LogP contribution in [0, 0.1) is 5.92 Å². The van der Waals surface area contributed by atoms with Crippen LogP contribution in [-0.2, 0) is 16.0 Å². The molecule has 5 nitrogen and oxygen atoms in total. The summed E-state index contributed by atoms with van der Waals surface area (Å²) in [6.07, 6.45) is 2.04. The van der Waals surface area contributed by atoms with E-state index in [1.807, 2.05) is 42.5 Å². The predicted molar refractivity (Wildman–Crippen MR) is 92.4 cm³/mol. The SMILES string of the molecule is O=C(Cc1cccc2ccccc12)NNC(=S)NC(=O)C1CC1. The van der Waals surface area contributed by atoms with Crippen molar-refractivity contribution in [1.82, 2.24) is 16.2 Å². The van der Waals surface area contributed by atoms with E-state index < -0.39 is 0 Å². The molecule has 0 aromatic heterocycles. The lowest BCUT2D eigenvalue weighted by atomic mass is 10.0. The lowest BCUT2D eigenvalue weighted by Gasteiger charge is -2.11. The molecule has 1 fully saturated rings. The van der Waals surface area contributed by atoms with Gasteiger partial charge in [0.15, 0.2) is 5.11 Å². The smallest absolute Gasteiger partial charge is 0.242 e. The van der Waals surface area contributed by atoms with Gasteiger partial charge in [0.05, 0.1) is 6.42 Å². The van der Waals surface area contributed by atoms with Gasteiger partial charge in [-0.05, 0) is 41.4 Å². The van der Waals surface area contributed by atoms with Crippen molar-refractivity contribution in [2.24, 2.45) is 5.92 Å². The molecule has 0 heterocycles. The Hall–Kier alpha value is -2.47. The molecule has 1 saturated carbocycles. The lowest BCUT2D eigenvalue weighted by molar-refractivity contribution is -0.122. The normalized spacial score (nSPS) is 13.4. The highest BCUT2D eigenvalue weighted by Crippen LogP contribution is 2.28. The molecule has 0 spiro atoms. The molecule has 118 valence electrons. The van der Waals surface area contributed by atoms with E-state index in [2.05, 4.69) is 16.2 Å². The zero-order chi connectivity index (χ0) is 16.2. The number of amides is 2. The van der Waals surface area contributed by atoms with E-state index in [1.165, 1.54) is 0 Å². The molecule has 3 rings (SSSR count). The molecule has 2 aromatic rings. The maximum absolute atomic E-state index is 12.0. The first-order chi connectivity index (χ1) is 11.1. The third kappa shape index (κ3) is 4.04. The molecule has 2 amide bonds. The first kappa shape index (κ1) is 15.4. The number of hydrogen-bond acceptors (Lipinski definition) is 3. The molecule has 0 atom stereocenters. The first-order valence-corrected chi connectivity index (χ1v) is 7.90. The van der Waals surface area contributed by atoms with Crippen molar-refractivity contribution >= 4 is 39.9 Å². The van der Waals surface area contributed by atoms with Gasteiger partial charge in [0, 0.05) is 5.92 Å². The molecule has 0 aliphatic heterocycles. The zero-order valence-corrected chi connectivity index (χ0v) is 13.3. The van der Waals surface area contributed by atoms with Crippen LogP contribution in [0.4, 0.5) is 0 Å². The second-order valence-electron chi connectivity index (χ2n) is 5.58. The molecule has 0 saturated heterocycles. The quantitative estimate of drug-likeness (QED) is 0.594. The van der Waals surface area contributed by atoms with Crippen molar-refractivity contribution in [3.8, 4) is 0 Å². The highest BCUT2D eigenvalue weighted by Gasteiger charge is 2.30. The monoisotopic (exact) mass is 327 g/mol. The number of rotatable bonds is 3. The maximum atomic E-state index is 12.0. The molecule has 23 heavy (non-hydrogen) atoms. The summed E-state index contributed by atoms with van der Waals surface area (Å²) >= 11 is 4.98. The van der Waals surface area contributed by atoms with Crippen molar-refractivity contribution < 1.29 is 9.59 Å². The summed E-state index contributed by atoms with van der Waals surface area (Å²) in [6, 6.07) is 13.8. The van der Waals surface area contributed by atoms with E-state index in [0.29, 0.717) is 0 Å². The third-order valence-electron chi connectivity index (χ3n) is 3.73. The van der Waals surface area contributed by atoms with Crippen LogP contribution in [0.2, 0.25) is 0 Å². The summed E-state index contributed by atoms with van der Waals surface area (Å²) in [7, 11) is 0. The van der Waals surface area contributed by atoms with Crippen LogP contribution in [0.1, 0.15) is 18.4 Å². The van der Waals surface area contributed by atoms with Gasteiger partial charge < -0.3 is 5.32 Å². The number of carbonyl (C=O) groups excluding carboxylic acids is 2. The first-order valence-electron chi connectivity index (χ1n) is 7.50. The van der Waals surface area contributed by atoms with E-state index in [9.17, 15) is 9.59 Å². The molecular weight excluding hydrogens is 310 g/mol. The van der Waals surface area contributed by atoms with E-state index in [0.717, 1.165) is 29.2 Å². The van der Waals surface area contributed by atoms with Crippen molar-refractivity contribution in [2.45, 2.75) is 19.3 Å². The zero-order valence-electron chi connectivity index (χ0n) is 12.5. The van der Waals surface area contributed by atoms with E-state index in [4.69, 9.17) is 12.2 Å². The Labute approximate surface area is 139 Å². The fraction of sp³-hybridized carbons (Fsp3) is 0.235. The van der Waals surface area contributed by atoms with Crippen molar-refractivity contribution in [3.63, 3.8) is 0 Å². The number of benzene rings is 2. The predicted octanol–water partition coefficient (Wildman–Crippen LogP) is 1.81. The summed E-state index contributed by atoms with van der Waals surface area (Å²) < 4.78 is 0. The fourth-order valence-corrected chi connectivity index (χ4v) is 2.53. The molecule has 2 aromatic carbocycles. The molecule has 1 aliphatic carbocycles. The van der Waals surface area contributed by atoms with Gasteiger partial charge in [-0.3, -0.25) is 20.4 Å². The Balaban J connectivity index is 1.54. The van der Waals surface area contributed by atoms with Gasteiger partial charge in [-0.25, -0.2) is 0 Å². The minimum atomic E-state index is -0.218. The number of fused-ring (bicyclic) bond motifs is 1. The molecule has 3 N–H and O–H groups in total. The van der Waals surface area contributed by atoms with Gasteiger partial charge >= 0.3 is 0 Å². The minimum Gasteiger partial charge on any atom is -0.302 e. The molecule has 0 bridgehead atoms. The van der Waals surface area contributed by atoms with Gasteiger partial charge in [0.1, 0.15) is 0 Å². The molecule has 6 heteroatoms. The summed E-state index contributed by atoms with van der Waals surface area (Å²) in [5, 5.41) is 4.82.